The second-order valence-electron chi connectivity index (χ2n) is 5.80. The van der Waals surface area contributed by atoms with Crippen LogP contribution in [0.15, 0.2) is 71.0 Å². The summed E-state index contributed by atoms with van der Waals surface area (Å²) in [4.78, 5) is 25.0. The topological polar surface area (TPSA) is 105 Å². The van der Waals surface area contributed by atoms with Gasteiger partial charge in [0.05, 0.1) is 0 Å². The van der Waals surface area contributed by atoms with Gasteiger partial charge in [0.2, 0.25) is 0 Å². The lowest BCUT2D eigenvalue weighted by Gasteiger charge is -2.20. The quantitative estimate of drug-likeness (QED) is 0.327. The number of nitrogens with zero attached hydrogens (tertiary/aromatic N) is 4. The summed E-state index contributed by atoms with van der Waals surface area (Å²) in [5.74, 6) is 0.0228. The number of rotatable bonds is 6. The van der Waals surface area contributed by atoms with Crippen molar-refractivity contribution in [3.05, 3.63) is 71.4 Å². The molecular weight excluding hydrogens is 394 g/mol. The van der Waals surface area contributed by atoms with Crippen molar-refractivity contribution >= 4 is 40.7 Å². The van der Waals surface area contributed by atoms with E-state index in [1.165, 1.54) is 23.0 Å². The van der Waals surface area contributed by atoms with Crippen LogP contribution >= 0.6 is 11.6 Å². The van der Waals surface area contributed by atoms with Gasteiger partial charge < -0.3 is 4.98 Å². The molecule has 0 spiro atoms. The van der Waals surface area contributed by atoms with Crippen molar-refractivity contribution in [1.82, 2.24) is 26.3 Å². The van der Waals surface area contributed by atoms with Gasteiger partial charge >= 0.3 is 0 Å². The lowest BCUT2D eigenvalue weighted by molar-refractivity contribution is -0.0700. The molecule has 1 aromatic heterocycles. The van der Waals surface area contributed by atoms with Crippen molar-refractivity contribution < 1.29 is 9.59 Å². The Morgan fingerprint density at radius 3 is 2.83 bits per heavy atom. The first-order chi connectivity index (χ1) is 14.2. The van der Waals surface area contributed by atoms with Crippen LogP contribution in [0.1, 0.15) is 16.8 Å². The summed E-state index contributed by atoms with van der Waals surface area (Å²) in [6.07, 6.45) is 4.92. The van der Waals surface area contributed by atoms with Crippen molar-refractivity contribution in [3.8, 4) is 0 Å². The molecule has 3 aromatic rings. The standard InChI is InChI=1S/C11H12N6O2.C8H6ClN/c18-9-15-17-14-8-13-16(17)12-7-6-11(19)10-4-2-1-3-5-10;9-7-2-1-6-3-4-10-8(6)5-7/h1-5,8,12H,6-7H2,(H,13,14);1-5,10H. The van der Waals surface area contributed by atoms with E-state index in [1.54, 1.807) is 12.1 Å². The average Bonchev–Trinajstić information content (AvgIpc) is 3.38. The number of Topliss-reactive ketones (excluding diaryl/α,β-unsaturated/α-hetero) is 1. The molecule has 9 nitrogen and oxygen atoms in total. The Kier molecular flexibility index (Phi) is 6.96. The number of fused-ring (bicyclic) bond motifs is 1. The van der Waals surface area contributed by atoms with Crippen LogP contribution in [0.2, 0.25) is 5.02 Å². The largest absolute Gasteiger partial charge is 0.361 e. The molecule has 3 N–H and O–H groups in total. The molecule has 0 amide bonds. The van der Waals surface area contributed by atoms with Crippen molar-refractivity contribution in [1.29, 1.82) is 0 Å². The van der Waals surface area contributed by atoms with Gasteiger partial charge in [-0.15, -0.1) is 5.10 Å². The lowest BCUT2D eigenvalue weighted by Crippen LogP contribution is -2.46. The van der Waals surface area contributed by atoms with E-state index in [2.05, 4.69) is 26.0 Å². The molecule has 0 radical (unpaired) electrons. The maximum Gasteiger partial charge on any atom is 0.261 e. The van der Waals surface area contributed by atoms with Crippen molar-refractivity contribution in [2.75, 3.05) is 6.54 Å². The third-order valence-corrected chi connectivity index (χ3v) is 4.11. The molecule has 2 heterocycles. The van der Waals surface area contributed by atoms with Crippen molar-refractivity contribution in [2.24, 2.45) is 10.2 Å². The van der Waals surface area contributed by atoms with E-state index in [9.17, 15) is 9.59 Å². The highest BCUT2D eigenvalue weighted by atomic mass is 35.5. The zero-order chi connectivity index (χ0) is 20.5. The highest BCUT2D eigenvalue weighted by Gasteiger charge is 2.15. The van der Waals surface area contributed by atoms with E-state index in [0.717, 1.165) is 15.8 Å². The number of isocyanates is 1. The first kappa shape index (κ1) is 20.1. The summed E-state index contributed by atoms with van der Waals surface area (Å²) in [6, 6.07) is 16.8. The zero-order valence-electron chi connectivity index (χ0n) is 15.2. The Bertz CT molecular complexity index is 1030. The molecule has 0 aliphatic carbocycles. The lowest BCUT2D eigenvalue weighted by atomic mass is 10.1. The first-order valence-corrected chi connectivity index (χ1v) is 9.06. The molecule has 29 heavy (non-hydrogen) atoms. The third-order valence-electron chi connectivity index (χ3n) is 3.87. The summed E-state index contributed by atoms with van der Waals surface area (Å²) in [6.45, 7) is 0.359. The molecule has 10 heteroatoms. The molecule has 1 aliphatic rings. The summed E-state index contributed by atoms with van der Waals surface area (Å²) in [7, 11) is 0. The fraction of sp³-hybridized carbons (Fsp3) is 0.105. The Morgan fingerprint density at radius 2 is 2.03 bits per heavy atom. The fourth-order valence-corrected chi connectivity index (χ4v) is 2.68. The van der Waals surface area contributed by atoms with Crippen LogP contribution < -0.4 is 10.9 Å². The molecule has 148 valence electrons. The minimum atomic E-state index is 0.0228. The Balaban J connectivity index is 0.000000200. The number of hydrazine groups is 3. The number of hydrazone groups is 2. The number of carbonyl (C=O) groups is 1. The Morgan fingerprint density at radius 1 is 1.21 bits per heavy atom. The summed E-state index contributed by atoms with van der Waals surface area (Å²) >= 11 is 5.76. The number of carbonyl (C=O) groups excluding carboxylic acids is 2. The smallest absolute Gasteiger partial charge is 0.261 e. The van der Waals surface area contributed by atoms with Gasteiger partial charge in [0.15, 0.2) is 5.78 Å². The number of H-pyrrole nitrogens is 1. The van der Waals surface area contributed by atoms with Gasteiger partial charge in [-0.2, -0.15) is 5.43 Å². The van der Waals surface area contributed by atoms with Crippen LogP contribution in [0, 0.1) is 0 Å². The molecule has 0 saturated heterocycles. The minimum Gasteiger partial charge on any atom is -0.361 e. The molecule has 4 rings (SSSR count). The Labute approximate surface area is 171 Å². The number of nitrogens with one attached hydrogen (secondary N) is 3. The van der Waals surface area contributed by atoms with Crippen LogP contribution in [0.4, 0.5) is 0 Å². The number of hydrogen-bond donors (Lipinski definition) is 3. The number of aromatic amines is 1. The van der Waals surface area contributed by atoms with E-state index >= 15 is 0 Å². The van der Waals surface area contributed by atoms with Gasteiger partial charge in [-0.1, -0.05) is 58.5 Å². The van der Waals surface area contributed by atoms with Crippen molar-refractivity contribution in [2.45, 2.75) is 6.42 Å². The molecule has 0 atom stereocenters. The minimum absolute atomic E-state index is 0.0228. The fourth-order valence-electron chi connectivity index (χ4n) is 2.51. The van der Waals surface area contributed by atoms with Gasteiger partial charge in [0.25, 0.3) is 6.08 Å². The summed E-state index contributed by atoms with van der Waals surface area (Å²) < 4.78 is 0. The Hall–Kier alpha value is -3.65. The number of aromatic nitrogens is 1. The number of hydrogen-bond acceptors (Lipinski definition) is 8. The van der Waals surface area contributed by atoms with E-state index in [0.29, 0.717) is 18.5 Å². The van der Waals surface area contributed by atoms with Crippen LogP contribution in [0.5, 0.6) is 0 Å². The van der Waals surface area contributed by atoms with Gasteiger partial charge in [-0.05, 0) is 28.7 Å². The maximum absolute atomic E-state index is 11.8. The van der Waals surface area contributed by atoms with Gasteiger partial charge in [-0.3, -0.25) is 4.79 Å². The van der Waals surface area contributed by atoms with E-state index in [-0.39, 0.29) is 5.78 Å². The normalized spacial score (nSPS) is 12.2. The highest BCUT2D eigenvalue weighted by molar-refractivity contribution is 6.31. The second kappa shape index (κ2) is 10.0. The molecule has 1 aliphatic heterocycles. The number of benzene rings is 2. The first-order valence-electron chi connectivity index (χ1n) is 8.68. The van der Waals surface area contributed by atoms with E-state index < -0.39 is 0 Å². The molecular formula is C19H18ClN7O2. The number of halogens is 1. The number of ketones is 1. The maximum atomic E-state index is 11.8. The zero-order valence-corrected chi connectivity index (χ0v) is 16.0. The average molecular weight is 412 g/mol. The molecule has 0 bridgehead atoms. The molecule has 0 saturated carbocycles. The molecule has 2 aromatic carbocycles. The van der Waals surface area contributed by atoms with Crippen LogP contribution in [-0.2, 0) is 4.79 Å². The van der Waals surface area contributed by atoms with Gasteiger partial charge in [0.1, 0.15) is 6.34 Å². The summed E-state index contributed by atoms with van der Waals surface area (Å²) in [5, 5.41) is 11.4. The predicted octanol–water partition coefficient (Wildman–Crippen LogP) is 2.82. The van der Waals surface area contributed by atoms with Crippen LogP contribution in [0.3, 0.4) is 0 Å². The van der Waals surface area contributed by atoms with Crippen LogP contribution in [-0.4, -0.2) is 40.2 Å². The SMILES string of the molecule is Clc1ccc2cc[nH]c2c1.O=C=NN1NC=NN1NCCC(=O)c1ccccc1. The molecule has 0 unspecified atom stereocenters. The highest BCUT2D eigenvalue weighted by Crippen LogP contribution is 2.16. The van der Waals surface area contributed by atoms with Crippen molar-refractivity contribution in [3.63, 3.8) is 0 Å². The molecule has 0 fully saturated rings. The van der Waals surface area contributed by atoms with E-state index in [4.69, 9.17) is 11.6 Å². The van der Waals surface area contributed by atoms with Crippen LogP contribution in [0.25, 0.3) is 10.9 Å². The van der Waals surface area contributed by atoms with Gasteiger partial charge in [0, 0.05) is 35.3 Å². The summed E-state index contributed by atoms with van der Waals surface area (Å²) in [5.41, 5.74) is 7.14. The van der Waals surface area contributed by atoms with Gasteiger partial charge in [-0.25, -0.2) is 10.2 Å². The third kappa shape index (κ3) is 5.66. The predicted molar refractivity (Wildman–Crippen MR) is 110 cm³/mol. The van der Waals surface area contributed by atoms with E-state index in [1.807, 2.05) is 48.7 Å². The monoisotopic (exact) mass is 411 g/mol. The second-order valence-corrected chi connectivity index (χ2v) is 6.24.